The number of ether oxygens (including phenoxy) is 1. The molecule has 2 atom stereocenters. The molecule has 0 bridgehead atoms. The maximum Gasteiger partial charge on any atom is 0.323 e. The second-order valence-electron chi connectivity index (χ2n) is 2.98. The molecule has 0 aromatic carbocycles. The van der Waals surface area contributed by atoms with E-state index in [0.29, 0.717) is 12.6 Å². The Morgan fingerprint density at radius 1 is 1.82 bits per heavy atom. The fraction of sp³-hybridized carbons (Fsp3) is 0.875. The zero-order valence-electron chi connectivity index (χ0n) is 7.09. The summed E-state index contributed by atoms with van der Waals surface area (Å²) in [6.45, 7) is 4.75. The van der Waals surface area contributed by atoms with Crippen molar-refractivity contribution in [3.63, 3.8) is 0 Å². The Kier molecular flexibility index (Phi) is 2.88. The van der Waals surface area contributed by atoms with Gasteiger partial charge >= 0.3 is 5.97 Å². The van der Waals surface area contributed by atoms with Crippen molar-refractivity contribution >= 4 is 5.97 Å². The van der Waals surface area contributed by atoms with Crippen molar-refractivity contribution in [1.82, 2.24) is 5.32 Å². The molecule has 0 saturated carbocycles. The van der Waals surface area contributed by atoms with Crippen molar-refractivity contribution in [3.05, 3.63) is 0 Å². The third-order valence-electron chi connectivity index (χ3n) is 2.03. The number of carbonyl (C=O) groups excluding carboxylic acids is 1. The highest BCUT2D eigenvalue weighted by Gasteiger charge is 2.26. The molecule has 0 aromatic rings. The molecule has 1 N–H and O–H groups in total. The molecule has 0 radical (unpaired) electrons. The molecule has 1 fully saturated rings. The van der Waals surface area contributed by atoms with E-state index in [0.717, 1.165) is 12.8 Å². The standard InChI is InChI=1S/C8H15NO2/c1-3-6(2)9-7-4-5-11-8(7)10/h6-7,9H,3-5H2,1-2H3. The first-order chi connectivity index (χ1) is 5.24. The number of hydrogen-bond acceptors (Lipinski definition) is 3. The lowest BCUT2D eigenvalue weighted by Gasteiger charge is -2.14. The molecule has 2 unspecified atom stereocenters. The zero-order valence-corrected chi connectivity index (χ0v) is 7.09. The van der Waals surface area contributed by atoms with Gasteiger partial charge in [-0.3, -0.25) is 4.79 Å². The fourth-order valence-electron chi connectivity index (χ4n) is 1.11. The van der Waals surface area contributed by atoms with E-state index in [9.17, 15) is 4.79 Å². The zero-order chi connectivity index (χ0) is 8.27. The molecule has 1 rings (SSSR count). The van der Waals surface area contributed by atoms with Crippen molar-refractivity contribution in [3.8, 4) is 0 Å². The van der Waals surface area contributed by atoms with Crippen LogP contribution in [0.15, 0.2) is 0 Å². The molecule has 1 aliphatic heterocycles. The largest absolute Gasteiger partial charge is 0.464 e. The number of esters is 1. The number of nitrogens with one attached hydrogen (secondary N) is 1. The molecule has 3 nitrogen and oxygen atoms in total. The van der Waals surface area contributed by atoms with Crippen LogP contribution in [-0.2, 0) is 9.53 Å². The van der Waals surface area contributed by atoms with Crippen LogP contribution in [0.1, 0.15) is 26.7 Å². The second-order valence-corrected chi connectivity index (χ2v) is 2.98. The summed E-state index contributed by atoms with van der Waals surface area (Å²) in [7, 11) is 0. The van der Waals surface area contributed by atoms with E-state index < -0.39 is 0 Å². The van der Waals surface area contributed by atoms with Crippen molar-refractivity contribution in [2.24, 2.45) is 0 Å². The van der Waals surface area contributed by atoms with E-state index in [1.165, 1.54) is 0 Å². The Balaban J connectivity index is 2.30. The summed E-state index contributed by atoms with van der Waals surface area (Å²) in [6.07, 6.45) is 1.87. The van der Waals surface area contributed by atoms with Crippen LogP contribution in [0.3, 0.4) is 0 Å². The number of carbonyl (C=O) groups is 1. The van der Waals surface area contributed by atoms with E-state index in [4.69, 9.17) is 4.74 Å². The Morgan fingerprint density at radius 2 is 2.55 bits per heavy atom. The van der Waals surface area contributed by atoms with Crippen molar-refractivity contribution in [2.45, 2.75) is 38.8 Å². The number of rotatable bonds is 3. The number of cyclic esters (lactones) is 1. The van der Waals surface area contributed by atoms with E-state index in [1.807, 2.05) is 0 Å². The molecule has 1 heterocycles. The summed E-state index contributed by atoms with van der Waals surface area (Å²) in [5.41, 5.74) is 0. The van der Waals surface area contributed by atoms with Crippen LogP contribution in [0.25, 0.3) is 0 Å². The molecule has 0 aromatic heterocycles. The summed E-state index contributed by atoms with van der Waals surface area (Å²) >= 11 is 0. The quantitative estimate of drug-likeness (QED) is 0.612. The maximum absolute atomic E-state index is 10.9. The molecule has 3 heteroatoms. The first-order valence-electron chi connectivity index (χ1n) is 4.16. The summed E-state index contributed by atoms with van der Waals surface area (Å²) < 4.78 is 4.81. The minimum atomic E-state index is -0.0923. The van der Waals surface area contributed by atoms with Gasteiger partial charge in [0.25, 0.3) is 0 Å². The topological polar surface area (TPSA) is 38.3 Å². The van der Waals surface area contributed by atoms with Crippen molar-refractivity contribution in [1.29, 1.82) is 0 Å². The summed E-state index contributed by atoms with van der Waals surface area (Å²) in [5, 5.41) is 3.20. The molecule has 64 valence electrons. The van der Waals surface area contributed by atoms with Gasteiger partial charge < -0.3 is 10.1 Å². The molecule has 1 aliphatic rings. The van der Waals surface area contributed by atoms with E-state index in [1.54, 1.807) is 0 Å². The van der Waals surface area contributed by atoms with Crippen LogP contribution >= 0.6 is 0 Å². The minimum absolute atomic E-state index is 0.0510. The monoisotopic (exact) mass is 157 g/mol. The Morgan fingerprint density at radius 3 is 3.00 bits per heavy atom. The lowest BCUT2D eigenvalue weighted by atomic mass is 10.2. The smallest absolute Gasteiger partial charge is 0.323 e. The highest BCUT2D eigenvalue weighted by atomic mass is 16.5. The van der Waals surface area contributed by atoms with Gasteiger partial charge in [-0.2, -0.15) is 0 Å². The first-order valence-corrected chi connectivity index (χ1v) is 4.16. The fourth-order valence-corrected chi connectivity index (χ4v) is 1.11. The Hall–Kier alpha value is -0.570. The lowest BCUT2D eigenvalue weighted by molar-refractivity contribution is -0.139. The normalized spacial score (nSPS) is 26.7. The van der Waals surface area contributed by atoms with Crippen LogP contribution in [0.5, 0.6) is 0 Å². The molecule has 11 heavy (non-hydrogen) atoms. The van der Waals surface area contributed by atoms with Gasteiger partial charge in [0.15, 0.2) is 0 Å². The van der Waals surface area contributed by atoms with E-state index in [-0.39, 0.29) is 12.0 Å². The van der Waals surface area contributed by atoms with Gasteiger partial charge in [0.2, 0.25) is 0 Å². The van der Waals surface area contributed by atoms with Crippen LogP contribution in [-0.4, -0.2) is 24.7 Å². The van der Waals surface area contributed by atoms with Crippen LogP contribution in [0.2, 0.25) is 0 Å². The lowest BCUT2D eigenvalue weighted by Crippen LogP contribution is -2.39. The summed E-state index contributed by atoms with van der Waals surface area (Å²) in [5.74, 6) is -0.0923. The molecule has 0 spiro atoms. The number of hydrogen-bond donors (Lipinski definition) is 1. The molecule has 0 amide bonds. The highest BCUT2D eigenvalue weighted by Crippen LogP contribution is 2.07. The van der Waals surface area contributed by atoms with Gasteiger partial charge in [-0.1, -0.05) is 6.92 Å². The van der Waals surface area contributed by atoms with Gasteiger partial charge in [0.1, 0.15) is 6.04 Å². The van der Waals surface area contributed by atoms with Crippen molar-refractivity contribution in [2.75, 3.05) is 6.61 Å². The average Bonchev–Trinajstić information content (AvgIpc) is 2.37. The molecule has 1 saturated heterocycles. The Labute approximate surface area is 67.1 Å². The summed E-state index contributed by atoms with van der Waals surface area (Å²) in [6, 6.07) is 0.357. The van der Waals surface area contributed by atoms with Crippen molar-refractivity contribution < 1.29 is 9.53 Å². The maximum atomic E-state index is 10.9. The highest BCUT2D eigenvalue weighted by molar-refractivity contribution is 5.77. The first kappa shape index (κ1) is 8.53. The third-order valence-corrected chi connectivity index (χ3v) is 2.03. The van der Waals surface area contributed by atoms with Gasteiger partial charge in [-0.05, 0) is 13.3 Å². The van der Waals surface area contributed by atoms with Gasteiger partial charge in [0.05, 0.1) is 6.61 Å². The van der Waals surface area contributed by atoms with E-state index in [2.05, 4.69) is 19.2 Å². The third kappa shape index (κ3) is 2.19. The van der Waals surface area contributed by atoms with E-state index >= 15 is 0 Å². The molecular formula is C8H15NO2. The van der Waals surface area contributed by atoms with Crippen LogP contribution in [0, 0.1) is 0 Å². The minimum Gasteiger partial charge on any atom is -0.464 e. The molecule has 0 aliphatic carbocycles. The van der Waals surface area contributed by atoms with Crippen LogP contribution < -0.4 is 5.32 Å². The van der Waals surface area contributed by atoms with Gasteiger partial charge in [-0.15, -0.1) is 0 Å². The average molecular weight is 157 g/mol. The second kappa shape index (κ2) is 3.72. The van der Waals surface area contributed by atoms with Gasteiger partial charge in [-0.25, -0.2) is 0 Å². The predicted molar refractivity (Wildman–Crippen MR) is 42.3 cm³/mol. The molecular weight excluding hydrogens is 142 g/mol. The summed E-state index contributed by atoms with van der Waals surface area (Å²) in [4.78, 5) is 10.9. The van der Waals surface area contributed by atoms with Gasteiger partial charge in [0, 0.05) is 12.5 Å². The predicted octanol–water partition coefficient (Wildman–Crippen LogP) is 0.690. The van der Waals surface area contributed by atoms with Crippen LogP contribution in [0.4, 0.5) is 0 Å². The Bertz CT molecular complexity index is 147. The SMILES string of the molecule is CCC(C)NC1CCOC1=O.